The van der Waals surface area contributed by atoms with Crippen LogP contribution in [0.25, 0.3) is 0 Å². The van der Waals surface area contributed by atoms with E-state index >= 15 is 0 Å². The van der Waals surface area contributed by atoms with Crippen molar-refractivity contribution in [2.24, 2.45) is 0 Å². The van der Waals surface area contributed by atoms with Gasteiger partial charge in [-0.25, -0.2) is 0 Å². The topological polar surface area (TPSA) is 52.4 Å². The molecule has 0 atom stereocenters. The van der Waals surface area contributed by atoms with Crippen LogP contribution in [0.5, 0.6) is 11.5 Å². The maximum atomic E-state index is 10.8. The highest BCUT2D eigenvalue weighted by molar-refractivity contribution is 9.10. The van der Waals surface area contributed by atoms with Crippen LogP contribution in [0.15, 0.2) is 40.9 Å². The average molecular weight is 343 g/mol. The molecule has 0 aliphatic rings. The normalized spacial score (nSPS) is 10.3. The lowest BCUT2D eigenvalue weighted by molar-refractivity contribution is -0.385. The number of halogens is 2. The molecule has 0 saturated carbocycles. The molecule has 2 aromatic rings. The maximum absolute atomic E-state index is 10.8. The number of nitro benzene ring substituents is 1. The molecule has 98 valence electrons. The van der Waals surface area contributed by atoms with Gasteiger partial charge in [-0.2, -0.15) is 0 Å². The third kappa shape index (κ3) is 3.05. The highest BCUT2D eigenvalue weighted by Gasteiger charge is 2.17. The Morgan fingerprint density at radius 1 is 1.32 bits per heavy atom. The summed E-state index contributed by atoms with van der Waals surface area (Å²) in [4.78, 5) is 10.4. The van der Waals surface area contributed by atoms with Gasteiger partial charge in [-0.15, -0.1) is 0 Å². The van der Waals surface area contributed by atoms with Crippen molar-refractivity contribution in [1.82, 2.24) is 0 Å². The monoisotopic (exact) mass is 341 g/mol. The lowest BCUT2D eigenvalue weighted by atomic mass is 10.2. The van der Waals surface area contributed by atoms with Crippen LogP contribution in [-0.4, -0.2) is 4.92 Å². The fourth-order valence-corrected chi connectivity index (χ4v) is 2.21. The average Bonchev–Trinajstić information content (AvgIpc) is 2.35. The van der Waals surface area contributed by atoms with Crippen LogP contribution in [0.3, 0.4) is 0 Å². The van der Waals surface area contributed by atoms with Gasteiger partial charge >= 0.3 is 0 Å². The number of nitrogens with zero attached hydrogens (tertiary/aromatic N) is 1. The van der Waals surface area contributed by atoms with Crippen molar-refractivity contribution >= 4 is 33.2 Å². The molecule has 2 aromatic carbocycles. The zero-order valence-electron chi connectivity index (χ0n) is 9.89. The molecule has 0 aliphatic heterocycles. The van der Waals surface area contributed by atoms with E-state index in [4.69, 9.17) is 16.3 Å². The van der Waals surface area contributed by atoms with Gasteiger partial charge in [0, 0.05) is 16.7 Å². The molecule has 0 aliphatic carbocycles. The predicted octanol–water partition coefficient (Wildman–Crippen LogP) is 5.11. The zero-order valence-corrected chi connectivity index (χ0v) is 12.2. The Bertz CT molecular complexity index is 646. The Labute approximate surface area is 123 Å². The van der Waals surface area contributed by atoms with Crippen molar-refractivity contribution in [3.63, 3.8) is 0 Å². The molecule has 4 nitrogen and oxygen atoms in total. The number of nitro groups is 1. The van der Waals surface area contributed by atoms with Gasteiger partial charge < -0.3 is 4.74 Å². The summed E-state index contributed by atoms with van der Waals surface area (Å²) in [6.45, 7) is 1.75. The SMILES string of the molecule is Cc1c(Oc2cccc(Cl)c2)ccc([N+](=O)[O-])c1Br. The van der Waals surface area contributed by atoms with Crippen molar-refractivity contribution in [2.75, 3.05) is 0 Å². The van der Waals surface area contributed by atoms with E-state index in [1.165, 1.54) is 6.07 Å². The van der Waals surface area contributed by atoms with E-state index in [1.807, 2.05) is 0 Å². The maximum Gasteiger partial charge on any atom is 0.284 e. The van der Waals surface area contributed by atoms with Gasteiger partial charge in [0.25, 0.3) is 5.69 Å². The van der Waals surface area contributed by atoms with Gasteiger partial charge in [-0.1, -0.05) is 17.7 Å². The summed E-state index contributed by atoms with van der Waals surface area (Å²) in [7, 11) is 0. The van der Waals surface area contributed by atoms with Crippen LogP contribution in [0.4, 0.5) is 5.69 Å². The van der Waals surface area contributed by atoms with E-state index in [9.17, 15) is 10.1 Å². The fourth-order valence-electron chi connectivity index (χ4n) is 1.56. The third-order valence-electron chi connectivity index (χ3n) is 2.54. The van der Waals surface area contributed by atoms with Crippen molar-refractivity contribution < 1.29 is 9.66 Å². The van der Waals surface area contributed by atoms with Crippen molar-refractivity contribution in [1.29, 1.82) is 0 Å². The van der Waals surface area contributed by atoms with Crippen LogP contribution in [0.2, 0.25) is 5.02 Å². The molecule has 0 spiro atoms. The Morgan fingerprint density at radius 3 is 2.68 bits per heavy atom. The molecule has 0 saturated heterocycles. The Kier molecular flexibility index (Phi) is 4.07. The standard InChI is InChI=1S/C13H9BrClNO3/c1-8-12(6-5-11(13(8)14)16(17)18)19-10-4-2-3-9(15)7-10/h2-7H,1H3. The summed E-state index contributed by atoms with van der Waals surface area (Å²) in [6.07, 6.45) is 0. The largest absolute Gasteiger partial charge is 0.457 e. The minimum Gasteiger partial charge on any atom is -0.457 e. The fraction of sp³-hybridized carbons (Fsp3) is 0.0769. The smallest absolute Gasteiger partial charge is 0.284 e. The molecule has 0 amide bonds. The van der Waals surface area contributed by atoms with Crippen LogP contribution >= 0.6 is 27.5 Å². The second-order valence-corrected chi connectivity index (χ2v) is 5.07. The van der Waals surface area contributed by atoms with Gasteiger partial charge in [-0.05, 0) is 47.1 Å². The molecule has 2 rings (SSSR count). The van der Waals surface area contributed by atoms with Crippen molar-refractivity contribution in [3.05, 3.63) is 61.6 Å². The minimum absolute atomic E-state index is 0.0101. The van der Waals surface area contributed by atoms with E-state index in [-0.39, 0.29) is 5.69 Å². The number of ether oxygens (including phenoxy) is 1. The molecule has 0 unspecified atom stereocenters. The number of benzene rings is 2. The molecular formula is C13H9BrClNO3. The number of hydrogen-bond acceptors (Lipinski definition) is 3. The third-order valence-corrected chi connectivity index (χ3v) is 3.77. The van der Waals surface area contributed by atoms with Gasteiger partial charge in [0.2, 0.25) is 0 Å². The highest BCUT2D eigenvalue weighted by Crippen LogP contribution is 2.36. The Hall–Kier alpha value is -1.59. The van der Waals surface area contributed by atoms with Crippen molar-refractivity contribution in [3.8, 4) is 11.5 Å². The molecular weight excluding hydrogens is 334 g/mol. The van der Waals surface area contributed by atoms with Crippen LogP contribution in [0, 0.1) is 17.0 Å². The highest BCUT2D eigenvalue weighted by atomic mass is 79.9. The van der Waals surface area contributed by atoms with E-state index in [2.05, 4.69) is 15.9 Å². The molecule has 0 aromatic heterocycles. The van der Waals surface area contributed by atoms with E-state index in [1.54, 1.807) is 37.3 Å². The summed E-state index contributed by atoms with van der Waals surface area (Å²) < 4.78 is 6.08. The molecule has 0 bridgehead atoms. The van der Waals surface area contributed by atoms with E-state index < -0.39 is 4.92 Å². The first-order chi connectivity index (χ1) is 8.99. The second-order valence-electron chi connectivity index (χ2n) is 3.84. The summed E-state index contributed by atoms with van der Waals surface area (Å²) >= 11 is 9.08. The summed E-state index contributed by atoms with van der Waals surface area (Å²) in [5.41, 5.74) is 0.671. The lowest BCUT2D eigenvalue weighted by Gasteiger charge is -2.10. The lowest BCUT2D eigenvalue weighted by Crippen LogP contribution is -1.94. The molecule has 0 radical (unpaired) electrons. The van der Waals surface area contributed by atoms with Gasteiger partial charge in [-0.3, -0.25) is 10.1 Å². The first-order valence-electron chi connectivity index (χ1n) is 5.36. The summed E-state index contributed by atoms with van der Waals surface area (Å²) in [6, 6.07) is 9.92. The molecule has 19 heavy (non-hydrogen) atoms. The second kappa shape index (κ2) is 5.59. The van der Waals surface area contributed by atoms with Gasteiger partial charge in [0.15, 0.2) is 0 Å². The number of rotatable bonds is 3. The van der Waals surface area contributed by atoms with Gasteiger partial charge in [0.1, 0.15) is 16.0 Å². The van der Waals surface area contributed by atoms with E-state index in [0.717, 1.165) is 0 Å². The molecule has 0 N–H and O–H groups in total. The quantitative estimate of drug-likeness (QED) is 0.575. The molecule has 0 heterocycles. The Balaban J connectivity index is 2.37. The molecule has 6 heteroatoms. The van der Waals surface area contributed by atoms with Crippen LogP contribution in [0.1, 0.15) is 5.56 Å². The summed E-state index contributed by atoms with van der Waals surface area (Å²) in [5, 5.41) is 11.4. The number of hydrogen-bond donors (Lipinski definition) is 0. The summed E-state index contributed by atoms with van der Waals surface area (Å²) in [5.74, 6) is 1.12. The van der Waals surface area contributed by atoms with Crippen LogP contribution < -0.4 is 4.74 Å². The predicted molar refractivity (Wildman–Crippen MR) is 77.1 cm³/mol. The van der Waals surface area contributed by atoms with Crippen molar-refractivity contribution in [2.45, 2.75) is 6.92 Å². The first kappa shape index (κ1) is 13.8. The Morgan fingerprint density at radius 2 is 2.05 bits per heavy atom. The van der Waals surface area contributed by atoms with E-state index in [0.29, 0.717) is 26.6 Å². The van der Waals surface area contributed by atoms with Crippen LogP contribution in [-0.2, 0) is 0 Å². The minimum atomic E-state index is -0.444. The zero-order chi connectivity index (χ0) is 14.0. The van der Waals surface area contributed by atoms with Gasteiger partial charge in [0.05, 0.1) is 4.92 Å². The molecule has 0 fully saturated rings. The first-order valence-corrected chi connectivity index (χ1v) is 6.53.